The van der Waals surface area contributed by atoms with Crippen molar-refractivity contribution >= 4 is 21.8 Å². The fourth-order valence-corrected chi connectivity index (χ4v) is 5.30. The maximum absolute atomic E-state index is 13.0. The molecule has 176 valence electrons. The summed E-state index contributed by atoms with van der Waals surface area (Å²) in [6.07, 6.45) is 3.94. The van der Waals surface area contributed by atoms with E-state index in [1.54, 1.807) is 0 Å². The minimum absolute atomic E-state index is 0.154. The van der Waals surface area contributed by atoms with Crippen molar-refractivity contribution in [2.45, 2.75) is 43.0 Å². The third kappa shape index (κ3) is 6.52. The molecule has 2 aromatic rings. The van der Waals surface area contributed by atoms with Crippen molar-refractivity contribution in [2.75, 3.05) is 19.6 Å². The summed E-state index contributed by atoms with van der Waals surface area (Å²) in [4.78, 5) is 24.2. The van der Waals surface area contributed by atoms with Gasteiger partial charge in [0.25, 0.3) is 5.91 Å². The number of amides is 2. The summed E-state index contributed by atoms with van der Waals surface area (Å²) in [6.45, 7) is 6.52. The van der Waals surface area contributed by atoms with Crippen LogP contribution in [0, 0.1) is 0 Å². The molecule has 1 heterocycles. The second-order valence-corrected chi connectivity index (χ2v) is 10.5. The number of carbonyl (C=O) groups excluding carboxylic acids is 2. The molecule has 0 radical (unpaired) electrons. The highest BCUT2D eigenvalue weighted by molar-refractivity contribution is 7.89. The lowest BCUT2D eigenvalue weighted by atomic mass is 9.90. The summed E-state index contributed by atoms with van der Waals surface area (Å²) in [6, 6.07) is 16.1. The van der Waals surface area contributed by atoms with Gasteiger partial charge in [-0.2, -0.15) is 4.31 Å². The van der Waals surface area contributed by atoms with Gasteiger partial charge in [-0.15, -0.1) is 0 Å². The van der Waals surface area contributed by atoms with Gasteiger partial charge in [0.1, 0.15) is 0 Å². The Balaban J connectivity index is 1.52. The average molecular weight is 470 g/mol. The summed E-state index contributed by atoms with van der Waals surface area (Å²) in [5, 5.41) is 5.76. The number of hydrogen-bond donors (Lipinski definition) is 2. The number of rotatable bonds is 9. The minimum atomic E-state index is -3.67. The number of sulfonamides is 1. The molecule has 0 spiro atoms. The van der Waals surface area contributed by atoms with Crippen LogP contribution >= 0.6 is 0 Å². The molecule has 33 heavy (non-hydrogen) atoms. The van der Waals surface area contributed by atoms with Gasteiger partial charge in [0.15, 0.2) is 0 Å². The maximum atomic E-state index is 13.0. The Kier molecular flexibility index (Phi) is 8.05. The standard InChI is InChI=1S/C25H31N3O4S/c1-3-23(29)27-25(2)15-18-28(19-16-25)33(31,32)22-13-11-21(12-14-22)24(30)26-17-7-10-20-8-5-4-6-9-20/h3-6,8-9,11-14H,1,7,10,15-19H2,2H3,(H,26,30)(H,27,29). The normalized spacial score (nSPS) is 16.0. The van der Waals surface area contributed by atoms with E-state index in [1.165, 1.54) is 40.2 Å². The van der Waals surface area contributed by atoms with Crippen LogP contribution in [0.1, 0.15) is 42.1 Å². The molecule has 1 saturated heterocycles. The van der Waals surface area contributed by atoms with Crippen LogP contribution in [0.4, 0.5) is 0 Å². The molecule has 0 bridgehead atoms. The Morgan fingerprint density at radius 1 is 1.06 bits per heavy atom. The number of nitrogens with zero attached hydrogens (tertiary/aromatic N) is 1. The van der Waals surface area contributed by atoms with E-state index < -0.39 is 15.6 Å². The van der Waals surface area contributed by atoms with Gasteiger partial charge in [-0.05, 0) is 68.5 Å². The molecule has 1 fully saturated rings. The SMILES string of the molecule is C=CC(=O)NC1(C)CCN(S(=O)(=O)c2ccc(C(=O)NCCCc3ccccc3)cc2)CC1. The Morgan fingerprint density at radius 2 is 1.70 bits per heavy atom. The van der Waals surface area contributed by atoms with Crippen LogP contribution in [0.15, 0.2) is 72.1 Å². The van der Waals surface area contributed by atoms with Gasteiger partial charge in [0.2, 0.25) is 15.9 Å². The van der Waals surface area contributed by atoms with Crippen molar-refractivity contribution in [3.8, 4) is 0 Å². The van der Waals surface area contributed by atoms with Gasteiger partial charge in [0, 0.05) is 30.7 Å². The number of aryl methyl sites for hydroxylation is 1. The van der Waals surface area contributed by atoms with Crippen LogP contribution in [0.2, 0.25) is 0 Å². The Morgan fingerprint density at radius 3 is 2.30 bits per heavy atom. The van der Waals surface area contributed by atoms with Crippen LogP contribution in [0.3, 0.4) is 0 Å². The molecule has 1 aliphatic heterocycles. The zero-order valence-electron chi connectivity index (χ0n) is 18.9. The molecular weight excluding hydrogens is 438 g/mol. The number of benzene rings is 2. The zero-order valence-corrected chi connectivity index (χ0v) is 19.7. The van der Waals surface area contributed by atoms with Crippen molar-refractivity contribution in [3.63, 3.8) is 0 Å². The fourth-order valence-electron chi connectivity index (χ4n) is 3.86. The van der Waals surface area contributed by atoms with Crippen LogP contribution < -0.4 is 10.6 Å². The average Bonchev–Trinajstić information content (AvgIpc) is 2.82. The van der Waals surface area contributed by atoms with Gasteiger partial charge in [-0.25, -0.2) is 8.42 Å². The molecular formula is C25H31N3O4S. The first-order valence-electron chi connectivity index (χ1n) is 11.1. The number of hydrogen-bond acceptors (Lipinski definition) is 4. The Hall–Kier alpha value is -2.97. The quantitative estimate of drug-likeness (QED) is 0.436. The molecule has 3 rings (SSSR count). The summed E-state index contributed by atoms with van der Waals surface area (Å²) in [5.41, 5.74) is 1.19. The predicted octanol–water partition coefficient (Wildman–Crippen LogP) is 2.89. The second-order valence-electron chi connectivity index (χ2n) is 8.53. The first-order chi connectivity index (χ1) is 15.7. The molecule has 0 saturated carbocycles. The third-order valence-corrected chi connectivity index (χ3v) is 7.87. The third-order valence-electron chi connectivity index (χ3n) is 5.96. The van der Waals surface area contributed by atoms with E-state index in [4.69, 9.17) is 0 Å². The van der Waals surface area contributed by atoms with E-state index >= 15 is 0 Å². The van der Waals surface area contributed by atoms with Crippen LogP contribution in [-0.4, -0.2) is 49.7 Å². The first-order valence-corrected chi connectivity index (χ1v) is 12.5. The molecule has 2 amide bonds. The largest absolute Gasteiger partial charge is 0.352 e. The lowest BCUT2D eigenvalue weighted by molar-refractivity contribution is -0.118. The molecule has 7 nitrogen and oxygen atoms in total. The van der Waals surface area contributed by atoms with Gasteiger partial charge >= 0.3 is 0 Å². The molecule has 1 aliphatic rings. The van der Waals surface area contributed by atoms with Crippen molar-refractivity contribution in [1.29, 1.82) is 0 Å². The summed E-state index contributed by atoms with van der Waals surface area (Å²) < 4.78 is 27.5. The molecule has 0 unspecified atom stereocenters. The Labute approximate surface area is 195 Å². The zero-order chi connectivity index (χ0) is 23.9. The summed E-state index contributed by atoms with van der Waals surface area (Å²) >= 11 is 0. The highest BCUT2D eigenvalue weighted by Gasteiger charge is 2.36. The van der Waals surface area contributed by atoms with Crippen LogP contribution in [0.5, 0.6) is 0 Å². The van der Waals surface area contributed by atoms with E-state index in [1.807, 2.05) is 25.1 Å². The van der Waals surface area contributed by atoms with Gasteiger partial charge < -0.3 is 10.6 Å². The van der Waals surface area contributed by atoms with Crippen molar-refractivity contribution < 1.29 is 18.0 Å². The number of piperidine rings is 1. The Bertz CT molecular complexity index is 1070. The molecule has 0 aliphatic carbocycles. The van der Waals surface area contributed by atoms with E-state index in [-0.39, 0.29) is 16.7 Å². The van der Waals surface area contributed by atoms with E-state index in [2.05, 4.69) is 29.3 Å². The highest BCUT2D eigenvalue weighted by atomic mass is 32.2. The van der Waals surface area contributed by atoms with E-state index in [9.17, 15) is 18.0 Å². The maximum Gasteiger partial charge on any atom is 0.251 e. The van der Waals surface area contributed by atoms with Gasteiger partial charge in [-0.3, -0.25) is 9.59 Å². The van der Waals surface area contributed by atoms with Crippen molar-refractivity contribution in [3.05, 3.63) is 78.4 Å². The molecule has 8 heteroatoms. The molecule has 0 aromatic heterocycles. The van der Waals surface area contributed by atoms with Crippen LogP contribution in [-0.2, 0) is 21.2 Å². The van der Waals surface area contributed by atoms with Gasteiger partial charge in [0.05, 0.1) is 4.90 Å². The highest BCUT2D eigenvalue weighted by Crippen LogP contribution is 2.26. The molecule has 2 aromatic carbocycles. The predicted molar refractivity (Wildman–Crippen MR) is 128 cm³/mol. The number of carbonyl (C=O) groups is 2. The van der Waals surface area contributed by atoms with Gasteiger partial charge in [-0.1, -0.05) is 36.9 Å². The fraction of sp³-hybridized carbons (Fsp3) is 0.360. The monoisotopic (exact) mass is 469 g/mol. The topological polar surface area (TPSA) is 95.6 Å². The summed E-state index contributed by atoms with van der Waals surface area (Å²) in [5.74, 6) is -0.485. The smallest absolute Gasteiger partial charge is 0.251 e. The minimum Gasteiger partial charge on any atom is -0.352 e. The molecule has 2 N–H and O–H groups in total. The van der Waals surface area contributed by atoms with E-state index in [0.717, 1.165) is 12.8 Å². The summed E-state index contributed by atoms with van der Waals surface area (Å²) in [7, 11) is -3.67. The van der Waals surface area contributed by atoms with Crippen molar-refractivity contribution in [2.24, 2.45) is 0 Å². The lowest BCUT2D eigenvalue weighted by Gasteiger charge is -2.39. The van der Waals surface area contributed by atoms with Crippen molar-refractivity contribution in [1.82, 2.24) is 14.9 Å². The van der Waals surface area contributed by atoms with E-state index in [0.29, 0.717) is 38.0 Å². The molecule has 0 atom stereocenters. The van der Waals surface area contributed by atoms with Crippen LogP contribution in [0.25, 0.3) is 0 Å². The lowest BCUT2D eigenvalue weighted by Crippen LogP contribution is -2.53. The second kappa shape index (κ2) is 10.8. The first kappa shape index (κ1) is 24.7. The number of nitrogens with one attached hydrogen (secondary N) is 2.